The normalized spacial score (nSPS) is 28.7. The molecule has 2 aromatic rings. The van der Waals surface area contributed by atoms with Crippen molar-refractivity contribution < 1.29 is 9.21 Å². The minimum absolute atomic E-state index is 0.0944. The molecule has 1 amide bonds. The average molecular weight is 326 g/mol. The maximum absolute atomic E-state index is 12.5. The highest BCUT2D eigenvalue weighted by molar-refractivity contribution is 5.90. The second-order valence-electron chi connectivity index (χ2n) is 6.73. The molecule has 24 heavy (non-hydrogen) atoms. The maximum Gasteiger partial charge on any atom is 0.307 e. The van der Waals surface area contributed by atoms with Crippen LogP contribution in [0.15, 0.2) is 34.9 Å². The Bertz CT molecular complexity index is 747. The number of hydrogen-bond donors (Lipinski definition) is 2. The van der Waals surface area contributed by atoms with Gasteiger partial charge in [0.25, 0.3) is 5.89 Å². The summed E-state index contributed by atoms with van der Waals surface area (Å²) in [6, 6.07) is 7.91. The maximum atomic E-state index is 12.5. The molecule has 2 bridgehead atoms. The zero-order chi connectivity index (χ0) is 16.7. The van der Waals surface area contributed by atoms with Crippen LogP contribution < -0.4 is 11.1 Å². The lowest BCUT2D eigenvalue weighted by atomic mass is 9.79. The summed E-state index contributed by atoms with van der Waals surface area (Å²) in [4.78, 5) is 19.1. The molecule has 3 aliphatic heterocycles. The Labute approximate surface area is 141 Å². The number of benzene rings is 1. The Kier molecular flexibility index (Phi) is 3.76. The molecule has 1 aromatic heterocycles. The highest BCUT2D eigenvalue weighted by Crippen LogP contribution is 2.32. The number of rotatable bonds is 3. The lowest BCUT2D eigenvalue weighted by Crippen LogP contribution is -2.62. The van der Waals surface area contributed by atoms with E-state index in [1.807, 2.05) is 18.2 Å². The van der Waals surface area contributed by atoms with Crippen molar-refractivity contribution in [3.05, 3.63) is 36.4 Å². The summed E-state index contributed by atoms with van der Waals surface area (Å²) < 4.78 is 5.65. The lowest BCUT2D eigenvalue weighted by molar-refractivity contribution is 0.0210. The van der Waals surface area contributed by atoms with Gasteiger partial charge in [0, 0.05) is 23.3 Å². The van der Waals surface area contributed by atoms with Crippen molar-refractivity contribution in [1.29, 1.82) is 0 Å². The molecule has 3 N–H and O–H groups in total. The molecule has 0 unspecified atom stereocenters. The molecule has 2 atom stereocenters. The number of nitrogen functional groups attached to an aromatic ring is 1. The summed E-state index contributed by atoms with van der Waals surface area (Å²) in [5, 5.41) is 3.13. The largest absolute Gasteiger partial charge is 0.432 e. The van der Waals surface area contributed by atoms with Gasteiger partial charge in [0.15, 0.2) is 5.76 Å². The number of fused-ring (bicyclic) bond motifs is 3. The molecule has 3 aliphatic rings. The van der Waals surface area contributed by atoms with Crippen LogP contribution >= 0.6 is 0 Å². The van der Waals surface area contributed by atoms with Gasteiger partial charge >= 0.3 is 5.91 Å². The molecule has 3 saturated heterocycles. The number of nitrogens with zero attached hydrogens (tertiary/aromatic N) is 2. The molecule has 6 nitrogen and oxygen atoms in total. The fraction of sp³-hybridized carbons (Fsp3) is 0.444. The Morgan fingerprint density at radius 2 is 2.08 bits per heavy atom. The minimum Gasteiger partial charge on any atom is -0.432 e. The highest BCUT2D eigenvalue weighted by Gasteiger charge is 2.40. The van der Waals surface area contributed by atoms with E-state index in [9.17, 15) is 4.79 Å². The number of carbonyl (C=O) groups excluding carboxylic acids is 1. The number of para-hydroxylation sites is 1. The third-order valence-electron chi connectivity index (χ3n) is 5.40. The minimum atomic E-state index is -0.249. The van der Waals surface area contributed by atoms with Crippen molar-refractivity contribution in [1.82, 2.24) is 15.2 Å². The van der Waals surface area contributed by atoms with Crippen LogP contribution in [-0.4, -0.2) is 41.0 Å². The number of carbonyl (C=O) groups is 1. The number of nitrogens with one attached hydrogen (secondary N) is 1. The van der Waals surface area contributed by atoms with Crippen molar-refractivity contribution in [2.75, 3.05) is 18.8 Å². The summed E-state index contributed by atoms with van der Waals surface area (Å²) in [7, 11) is 0. The van der Waals surface area contributed by atoms with E-state index in [0.717, 1.165) is 31.5 Å². The quantitative estimate of drug-likeness (QED) is 0.844. The van der Waals surface area contributed by atoms with Gasteiger partial charge in [-0.05, 0) is 50.9 Å². The Morgan fingerprint density at radius 3 is 2.79 bits per heavy atom. The predicted octanol–water partition coefficient (Wildman–Crippen LogP) is 2.14. The standard InChI is InChI=1S/C18H22N4O2/c1-11-16(12-6-8-22(11)9-7-12)21-17(23)18-20-10-15(24-18)13-4-2-3-5-14(13)19/h2-5,10-12,16H,6-9,19H2,1H3,(H,21,23)/t11-,16+/m1/s1. The number of aromatic nitrogens is 1. The van der Waals surface area contributed by atoms with E-state index in [4.69, 9.17) is 10.2 Å². The second-order valence-corrected chi connectivity index (χ2v) is 6.73. The fourth-order valence-electron chi connectivity index (χ4n) is 3.98. The monoisotopic (exact) mass is 326 g/mol. The van der Waals surface area contributed by atoms with Crippen molar-refractivity contribution >= 4 is 11.6 Å². The highest BCUT2D eigenvalue weighted by atomic mass is 16.4. The zero-order valence-corrected chi connectivity index (χ0v) is 13.7. The summed E-state index contributed by atoms with van der Waals surface area (Å²) >= 11 is 0. The molecule has 3 fully saturated rings. The van der Waals surface area contributed by atoms with Crippen LogP contribution in [0.25, 0.3) is 11.3 Å². The predicted molar refractivity (Wildman–Crippen MR) is 91.4 cm³/mol. The van der Waals surface area contributed by atoms with Crippen molar-refractivity contribution in [2.45, 2.75) is 31.8 Å². The van der Waals surface area contributed by atoms with E-state index in [1.54, 1.807) is 12.3 Å². The number of hydrogen-bond acceptors (Lipinski definition) is 5. The van der Waals surface area contributed by atoms with E-state index in [1.165, 1.54) is 0 Å². The third kappa shape index (κ3) is 2.57. The molecule has 126 valence electrons. The first-order valence-electron chi connectivity index (χ1n) is 8.49. The first-order valence-corrected chi connectivity index (χ1v) is 8.49. The molecule has 0 saturated carbocycles. The number of piperidine rings is 3. The van der Waals surface area contributed by atoms with Crippen LogP contribution in [0, 0.1) is 5.92 Å². The number of anilines is 1. The molecule has 0 aliphatic carbocycles. The van der Waals surface area contributed by atoms with E-state index < -0.39 is 0 Å². The second kappa shape index (κ2) is 5.94. The number of amides is 1. The van der Waals surface area contributed by atoms with Gasteiger partial charge in [-0.1, -0.05) is 12.1 Å². The SMILES string of the molecule is C[C@@H]1[C@H](NC(=O)c2ncc(-c3ccccc3N)o2)C2CCN1CC2. The van der Waals surface area contributed by atoms with E-state index in [0.29, 0.717) is 23.4 Å². The van der Waals surface area contributed by atoms with Crippen LogP contribution in [0.5, 0.6) is 0 Å². The third-order valence-corrected chi connectivity index (χ3v) is 5.40. The van der Waals surface area contributed by atoms with Crippen LogP contribution in [0.3, 0.4) is 0 Å². The van der Waals surface area contributed by atoms with Gasteiger partial charge in [-0.3, -0.25) is 9.69 Å². The van der Waals surface area contributed by atoms with Gasteiger partial charge in [0.1, 0.15) is 0 Å². The fourth-order valence-corrected chi connectivity index (χ4v) is 3.98. The molecule has 0 radical (unpaired) electrons. The summed E-state index contributed by atoms with van der Waals surface area (Å²) in [6.45, 7) is 4.45. The average Bonchev–Trinajstić information content (AvgIpc) is 3.09. The first-order chi connectivity index (χ1) is 11.6. The van der Waals surface area contributed by atoms with E-state index in [2.05, 4.69) is 22.1 Å². The van der Waals surface area contributed by atoms with Crippen LogP contribution in [-0.2, 0) is 0 Å². The van der Waals surface area contributed by atoms with Crippen molar-refractivity contribution in [2.24, 2.45) is 5.92 Å². The van der Waals surface area contributed by atoms with Crippen molar-refractivity contribution in [3.63, 3.8) is 0 Å². The van der Waals surface area contributed by atoms with Gasteiger partial charge in [-0.2, -0.15) is 0 Å². The summed E-state index contributed by atoms with van der Waals surface area (Å²) in [5.41, 5.74) is 7.31. The Morgan fingerprint density at radius 1 is 1.33 bits per heavy atom. The van der Waals surface area contributed by atoms with Gasteiger partial charge in [-0.15, -0.1) is 0 Å². The number of oxazole rings is 1. The van der Waals surface area contributed by atoms with Gasteiger partial charge < -0.3 is 15.5 Å². The molecule has 4 heterocycles. The van der Waals surface area contributed by atoms with Gasteiger partial charge in [-0.25, -0.2) is 4.98 Å². The molecular weight excluding hydrogens is 304 g/mol. The van der Waals surface area contributed by atoms with Crippen molar-refractivity contribution in [3.8, 4) is 11.3 Å². The first kappa shape index (κ1) is 15.2. The summed E-state index contributed by atoms with van der Waals surface area (Å²) in [6.07, 6.45) is 3.85. The van der Waals surface area contributed by atoms with E-state index >= 15 is 0 Å². The smallest absolute Gasteiger partial charge is 0.307 e. The molecule has 6 heteroatoms. The summed E-state index contributed by atoms with van der Waals surface area (Å²) in [5.74, 6) is 0.909. The lowest BCUT2D eigenvalue weighted by Gasteiger charge is -2.49. The zero-order valence-electron chi connectivity index (χ0n) is 13.7. The number of nitrogens with two attached hydrogens (primary N) is 1. The Hall–Kier alpha value is -2.34. The molecular formula is C18H22N4O2. The molecule has 1 aromatic carbocycles. The van der Waals surface area contributed by atoms with Crippen LogP contribution in [0.2, 0.25) is 0 Å². The van der Waals surface area contributed by atoms with Gasteiger partial charge in [0.05, 0.1) is 6.20 Å². The molecule has 5 rings (SSSR count). The van der Waals surface area contributed by atoms with Gasteiger partial charge in [0.2, 0.25) is 0 Å². The van der Waals surface area contributed by atoms with E-state index in [-0.39, 0.29) is 17.8 Å². The Balaban J connectivity index is 1.51. The van der Waals surface area contributed by atoms with Crippen LogP contribution in [0.1, 0.15) is 30.5 Å². The topological polar surface area (TPSA) is 84.4 Å². The molecule has 0 spiro atoms. The van der Waals surface area contributed by atoms with Crippen LogP contribution in [0.4, 0.5) is 5.69 Å².